The zero-order valence-corrected chi connectivity index (χ0v) is 10.0. The van der Waals surface area contributed by atoms with Gasteiger partial charge in [0.25, 0.3) is 0 Å². The first-order chi connectivity index (χ1) is 8.47. The number of nitrogens with zero attached hydrogens (tertiary/aromatic N) is 1. The van der Waals surface area contributed by atoms with Gasteiger partial charge in [0, 0.05) is 25.2 Å². The SMILES string of the molecule is CCOC(=O)C(F)(F)/C=C/C(=O)N1CCOCC1. The maximum Gasteiger partial charge on any atom is 0.381 e. The van der Waals surface area contributed by atoms with Crippen molar-refractivity contribution in [3.05, 3.63) is 12.2 Å². The summed E-state index contributed by atoms with van der Waals surface area (Å²) in [7, 11) is 0. The summed E-state index contributed by atoms with van der Waals surface area (Å²) in [6.07, 6.45) is 0.963. The average molecular weight is 263 g/mol. The molecule has 0 atom stereocenters. The fourth-order valence-electron chi connectivity index (χ4n) is 1.36. The minimum absolute atomic E-state index is 0.139. The average Bonchev–Trinajstić information content (AvgIpc) is 2.37. The van der Waals surface area contributed by atoms with E-state index in [1.54, 1.807) is 0 Å². The molecule has 0 saturated carbocycles. The zero-order chi connectivity index (χ0) is 13.6. The second-order valence-corrected chi connectivity index (χ2v) is 3.61. The Labute approximate surface area is 103 Å². The van der Waals surface area contributed by atoms with E-state index in [9.17, 15) is 18.4 Å². The van der Waals surface area contributed by atoms with Crippen molar-refractivity contribution in [2.75, 3.05) is 32.9 Å². The molecule has 5 nitrogen and oxygen atoms in total. The first kappa shape index (κ1) is 14.6. The number of alkyl halides is 2. The molecule has 1 aliphatic rings. The summed E-state index contributed by atoms with van der Waals surface area (Å²) in [6, 6.07) is 0. The van der Waals surface area contributed by atoms with Crippen molar-refractivity contribution in [3.63, 3.8) is 0 Å². The smallest absolute Gasteiger partial charge is 0.381 e. The number of amides is 1. The molecular formula is C11H15F2NO4. The van der Waals surface area contributed by atoms with Gasteiger partial charge in [-0.2, -0.15) is 8.78 Å². The largest absolute Gasteiger partial charge is 0.461 e. The molecule has 0 bridgehead atoms. The third-order valence-electron chi connectivity index (χ3n) is 2.31. The van der Waals surface area contributed by atoms with Crippen LogP contribution in [0.15, 0.2) is 12.2 Å². The topological polar surface area (TPSA) is 55.8 Å². The summed E-state index contributed by atoms with van der Waals surface area (Å²) in [5.41, 5.74) is 0. The fourth-order valence-corrected chi connectivity index (χ4v) is 1.36. The minimum atomic E-state index is -3.78. The Morgan fingerprint density at radius 3 is 2.56 bits per heavy atom. The van der Waals surface area contributed by atoms with Crippen molar-refractivity contribution in [1.29, 1.82) is 0 Å². The standard InChI is InChI=1S/C11H15F2NO4/c1-2-18-10(16)11(12,13)4-3-9(15)14-5-7-17-8-6-14/h3-4H,2,5-8H2,1H3/b4-3+. The van der Waals surface area contributed by atoms with Crippen LogP contribution >= 0.6 is 0 Å². The molecule has 0 aromatic heterocycles. The van der Waals surface area contributed by atoms with Gasteiger partial charge in [0.1, 0.15) is 0 Å². The van der Waals surface area contributed by atoms with Crippen LogP contribution in [0.25, 0.3) is 0 Å². The van der Waals surface area contributed by atoms with E-state index in [-0.39, 0.29) is 12.7 Å². The molecule has 1 rings (SSSR count). The summed E-state index contributed by atoms with van der Waals surface area (Å²) in [5.74, 6) is -6.00. The highest BCUT2D eigenvalue weighted by molar-refractivity contribution is 5.89. The highest BCUT2D eigenvalue weighted by Gasteiger charge is 2.37. The summed E-state index contributed by atoms with van der Waals surface area (Å²) in [4.78, 5) is 23.8. The van der Waals surface area contributed by atoms with Crippen LogP contribution in [0.1, 0.15) is 6.92 Å². The number of rotatable bonds is 4. The van der Waals surface area contributed by atoms with E-state index in [1.165, 1.54) is 11.8 Å². The molecule has 0 aromatic rings. The molecule has 0 unspecified atom stereocenters. The highest BCUT2D eigenvalue weighted by atomic mass is 19.3. The molecule has 1 fully saturated rings. The van der Waals surface area contributed by atoms with Crippen molar-refractivity contribution in [2.45, 2.75) is 12.8 Å². The van der Waals surface area contributed by atoms with Gasteiger partial charge in [0.15, 0.2) is 0 Å². The molecule has 0 aromatic carbocycles. The Hall–Kier alpha value is -1.50. The van der Waals surface area contributed by atoms with Crippen LogP contribution in [-0.2, 0) is 19.1 Å². The molecular weight excluding hydrogens is 248 g/mol. The monoisotopic (exact) mass is 263 g/mol. The zero-order valence-electron chi connectivity index (χ0n) is 10.0. The van der Waals surface area contributed by atoms with E-state index in [0.717, 1.165) is 0 Å². The fraction of sp³-hybridized carbons (Fsp3) is 0.636. The highest BCUT2D eigenvalue weighted by Crippen LogP contribution is 2.17. The molecule has 0 spiro atoms. The van der Waals surface area contributed by atoms with Crippen LogP contribution < -0.4 is 0 Å². The lowest BCUT2D eigenvalue weighted by Gasteiger charge is -2.25. The first-order valence-electron chi connectivity index (χ1n) is 5.58. The van der Waals surface area contributed by atoms with Crippen molar-refractivity contribution in [2.24, 2.45) is 0 Å². The van der Waals surface area contributed by atoms with Crippen molar-refractivity contribution in [1.82, 2.24) is 4.90 Å². The van der Waals surface area contributed by atoms with E-state index in [0.29, 0.717) is 32.4 Å². The summed E-state index contributed by atoms with van der Waals surface area (Å²) >= 11 is 0. The summed E-state index contributed by atoms with van der Waals surface area (Å²) in [6.45, 7) is 2.76. The van der Waals surface area contributed by atoms with E-state index in [2.05, 4.69) is 4.74 Å². The lowest BCUT2D eigenvalue weighted by atomic mass is 10.3. The van der Waals surface area contributed by atoms with Gasteiger partial charge in [0.2, 0.25) is 5.91 Å². The number of hydrogen-bond donors (Lipinski definition) is 0. The Kier molecular flexibility index (Phi) is 5.21. The lowest BCUT2D eigenvalue weighted by molar-refractivity contribution is -0.164. The predicted octanol–water partition coefficient (Wildman–Crippen LogP) is 0.600. The van der Waals surface area contributed by atoms with Crippen LogP contribution in [0.3, 0.4) is 0 Å². The van der Waals surface area contributed by atoms with Gasteiger partial charge in [-0.3, -0.25) is 4.79 Å². The molecule has 0 radical (unpaired) electrons. The number of carbonyl (C=O) groups excluding carboxylic acids is 2. The van der Waals surface area contributed by atoms with Crippen LogP contribution in [0.2, 0.25) is 0 Å². The number of hydrogen-bond acceptors (Lipinski definition) is 4. The minimum Gasteiger partial charge on any atom is -0.461 e. The Morgan fingerprint density at radius 2 is 2.00 bits per heavy atom. The van der Waals surface area contributed by atoms with Crippen LogP contribution in [0.5, 0.6) is 0 Å². The first-order valence-corrected chi connectivity index (χ1v) is 5.58. The van der Waals surface area contributed by atoms with Gasteiger partial charge in [-0.15, -0.1) is 0 Å². The third-order valence-corrected chi connectivity index (χ3v) is 2.31. The van der Waals surface area contributed by atoms with Gasteiger partial charge in [-0.25, -0.2) is 4.79 Å². The van der Waals surface area contributed by atoms with E-state index < -0.39 is 17.8 Å². The molecule has 0 N–H and O–H groups in total. The van der Waals surface area contributed by atoms with Gasteiger partial charge < -0.3 is 14.4 Å². The number of ether oxygens (including phenoxy) is 2. The molecule has 1 saturated heterocycles. The molecule has 1 aliphatic heterocycles. The normalized spacial score (nSPS) is 16.9. The predicted molar refractivity (Wildman–Crippen MR) is 58.1 cm³/mol. The third kappa shape index (κ3) is 4.06. The Balaban J connectivity index is 2.56. The lowest BCUT2D eigenvalue weighted by Crippen LogP contribution is -2.40. The van der Waals surface area contributed by atoms with Crippen LogP contribution in [0, 0.1) is 0 Å². The Morgan fingerprint density at radius 1 is 1.39 bits per heavy atom. The summed E-state index contributed by atoms with van der Waals surface area (Å²) < 4.78 is 35.6. The van der Waals surface area contributed by atoms with E-state index >= 15 is 0 Å². The van der Waals surface area contributed by atoms with E-state index in [1.807, 2.05) is 0 Å². The molecule has 1 heterocycles. The van der Waals surface area contributed by atoms with Crippen molar-refractivity contribution >= 4 is 11.9 Å². The van der Waals surface area contributed by atoms with Gasteiger partial charge in [0.05, 0.1) is 19.8 Å². The molecule has 0 aliphatic carbocycles. The Bertz CT molecular complexity index is 338. The number of halogens is 2. The van der Waals surface area contributed by atoms with E-state index in [4.69, 9.17) is 4.74 Å². The van der Waals surface area contributed by atoms with Crippen LogP contribution in [-0.4, -0.2) is 55.6 Å². The molecule has 1 amide bonds. The van der Waals surface area contributed by atoms with Crippen molar-refractivity contribution in [3.8, 4) is 0 Å². The van der Waals surface area contributed by atoms with Gasteiger partial charge in [-0.1, -0.05) is 0 Å². The quantitative estimate of drug-likeness (QED) is 0.550. The van der Waals surface area contributed by atoms with Gasteiger partial charge >= 0.3 is 11.9 Å². The van der Waals surface area contributed by atoms with Gasteiger partial charge in [-0.05, 0) is 6.92 Å². The second kappa shape index (κ2) is 6.44. The second-order valence-electron chi connectivity index (χ2n) is 3.61. The maximum absolute atomic E-state index is 13.2. The maximum atomic E-state index is 13.2. The number of esters is 1. The molecule has 18 heavy (non-hydrogen) atoms. The van der Waals surface area contributed by atoms with Crippen LogP contribution in [0.4, 0.5) is 8.78 Å². The molecule has 102 valence electrons. The number of carbonyl (C=O) groups is 2. The van der Waals surface area contributed by atoms with Crippen molar-refractivity contribution < 1.29 is 27.8 Å². The summed E-state index contributed by atoms with van der Waals surface area (Å²) in [5, 5.41) is 0. The molecule has 7 heteroatoms. The number of morpholine rings is 1.